The van der Waals surface area contributed by atoms with Crippen molar-refractivity contribution in [3.8, 4) is 0 Å². The van der Waals surface area contributed by atoms with Gasteiger partial charge in [-0.2, -0.15) is 0 Å². The number of halogens is 1. The van der Waals surface area contributed by atoms with Crippen LogP contribution in [0.15, 0.2) is 54.9 Å². The molecule has 7 heteroatoms. The molecule has 0 aliphatic carbocycles. The molecule has 0 saturated carbocycles. The molecule has 24 heavy (non-hydrogen) atoms. The lowest BCUT2D eigenvalue weighted by Gasteiger charge is -2.17. The van der Waals surface area contributed by atoms with E-state index in [2.05, 4.69) is 4.98 Å². The Morgan fingerprint density at radius 3 is 2.21 bits per heavy atom. The van der Waals surface area contributed by atoms with Crippen molar-refractivity contribution >= 4 is 45.8 Å². The van der Waals surface area contributed by atoms with Crippen molar-refractivity contribution in [3.63, 3.8) is 0 Å². The van der Waals surface area contributed by atoms with Crippen LogP contribution in [-0.2, 0) is 0 Å². The third-order valence-corrected chi connectivity index (χ3v) is 3.88. The topological polar surface area (TPSA) is 73.7 Å². The summed E-state index contributed by atoms with van der Waals surface area (Å²) in [5.74, 6) is -0.310. The summed E-state index contributed by atoms with van der Waals surface area (Å²) in [6.07, 6.45) is 2.76. The predicted octanol–water partition coefficient (Wildman–Crippen LogP) is 3.63. The van der Waals surface area contributed by atoms with E-state index in [1.165, 1.54) is 18.5 Å². The average molecular weight is 437 g/mol. The Balaban J connectivity index is 2.20. The van der Waals surface area contributed by atoms with Gasteiger partial charge in [0.25, 0.3) is 0 Å². The van der Waals surface area contributed by atoms with Gasteiger partial charge in [0.1, 0.15) is 3.70 Å². The minimum atomic E-state index is -1.17. The number of allylic oxidation sites excluding steroid dienone is 1. The number of pyridine rings is 1. The van der Waals surface area contributed by atoms with Gasteiger partial charge < -0.3 is 10.0 Å². The predicted molar refractivity (Wildman–Crippen MR) is 102 cm³/mol. The Labute approximate surface area is 153 Å². The van der Waals surface area contributed by atoms with Gasteiger partial charge in [-0.1, -0.05) is 0 Å². The number of aromatic nitrogens is 1. The van der Waals surface area contributed by atoms with Crippen molar-refractivity contribution < 1.29 is 14.7 Å². The van der Waals surface area contributed by atoms with Gasteiger partial charge in [-0.05, 0) is 59.0 Å². The SMILES string of the molecule is CN(C)c1ccc(N(/C=C/C(=O)c2ccc(I)nc2)C(=O)O)cc1. The Bertz CT molecular complexity index is 756. The fraction of sp³-hybridized carbons (Fsp3) is 0.118. The smallest absolute Gasteiger partial charge is 0.415 e. The molecular formula is C17H16IN3O3. The van der Waals surface area contributed by atoms with E-state index in [1.54, 1.807) is 24.3 Å². The van der Waals surface area contributed by atoms with E-state index < -0.39 is 6.09 Å². The number of hydrogen-bond donors (Lipinski definition) is 1. The number of rotatable bonds is 5. The highest BCUT2D eigenvalue weighted by atomic mass is 127. The number of hydrogen-bond acceptors (Lipinski definition) is 4. The molecule has 0 bridgehead atoms. The van der Waals surface area contributed by atoms with Crippen LogP contribution < -0.4 is 9.80 Å². The van der Waals surface area contributed by atoms with Crippen LogP contribution in [0.4, 0.5) is 16.2 Å². The van der Waals surface area contributed by atoms with E-state index >= 15 is 0 Å². The minimum absolute atomic E-state index is 0.310. The first-order valence-corrected chi connectivity index (χ1v) is 8.10. The van der Waals surface area contributed by atoms with Crippen molar-refractivity contribution in [2.24, 2.45) is 0 Å². The highest BCUT2D eigenvalue weighted by Gasteiger charge is 2.12. The molecule has 0 saturated heterocycles. The van der Waals surface area contributed by atoms with Gasteiger partial charge in [0.05, 0.1) is 5.69 Å². The van der Waals surface area contributed by atoms with Crippen LogP contribution >= 0.6 is 22.6 Å². The molecule has 2 rings (SSSR count). The van der Waals surface area contributed by atoms with Crippen molar-refractivity contribution in [1.29, 1.82) is 0 Å². The number of carbonyl (C=O) groups is 2. The monoisotopic (exact) mass is 437 g/mol. The van der Waals surface area contributed by atoms with Gasteiger partial charge in [0.2, 0.25) is 0 Å². The van der Waals surface area contributed by atoms with Gasteiger partial charge in [-0.3, -0.25) is 9.69 Å². The quantitative estimate of drug-likeness (QED) is 0.335. The molecule has 0 fully saturated rings. The third kappa shape index (κ3) is 4.54. The molecule has 0 atom stereocenters. The number of carboxylic acid groups (broad SMARTS) is 1. The summed E-state index contributed by atoms with van der Waals surface area (Å²) in [4.78, 5) is 30.5. The maximum Gasteiger partial charge on any atom is 0.415 e. The van der Waals surface area contributed by atoms with Crippen molar-refractivity contribution in [1.82, 2.24) is 4.98 Å². The number of carbonyl (C=O) groups excluding carboxylic acids is 1. The Hall–Kier alpha value is -2.42. The van der Waals surface area contributed by atoms with Crippen LogP contribution in [0.2, 0.25) is 0 Å². The average Bonchev–Trinajstić information content (AvgIpc) is 2.55. The summed E-state index contributed by atoms with van der Waals surface area (Å²) < 4.78 is 0.779. The number of benzene rings is 1. The normalized spacial score (nSPS) is 10.6. The lowest BCUT2D eigenvalue weighted by atomic mass is 10.2. The molecule has 0 radical (unpaired) electrons. The van der Waals surface area contributed by atoms with E-state index in [4.69, 9.17) is 0 Å². The molecule has 0 unspecified atom stereocenters. The van der Waals surface area contributed by atoms with Crippen LogP contribution in [0.1, 0.15) is 10.4 Å². The molecule has 1 heterocycles. The number of anilines is 2. The summed E-state index contributed by atoms with van der Waals surface area (Å²) in [5, 5.41) is 9.36. The van der Waals surface area contributed by atoms with E-state index in [1.807, 2.05) is 53.7 Å². The van der Waals surface area contributed by atoms with E-state index in [-0.39, 0.29) is 5.78 Å². The molecule has 1 aromatic heterocycles. The maximum absolute atomic E-state index is 12.1. The highest BCUT2D eigenvalue weighted by Crippen LogP contribution is 2.20. The Morgan fingerprint density at radius 2 is 1.71 bits per heavy atom. The zero-order valence-electron chi connectivity index (χ0n) is 13.2. The first-order chi connectivity index (χ1) is 11.4. The second kappa shape index (κ2) is 7.91. The molecule has 1 aromatic carbocycles. The van der Waals surface area contributed by atoms with Gasteiger partial charge >= 0.3 is 6.09 Å². The summed E-state index contributed by atoms with van der Waals surface area (Å²) in [7, 11) is 3.80. The number of ketones is 1. The standard InChI is InChI=1S/C17H16IN3O3/c1-20(2)13-4-6-14(7-5-13)21(17(23)24)10-9-15(22)12-3-8-16(18)19-11-12/h3-11H,1-2H3,(H,23,24)/b10-9+. The molecule has 6 nitrogen and oxygen atoms in total. The summed E-state index contributed by atoms with van der Waals surface area (Å²) >= 11 is 2.05. The van der Waals surface area contributed by atoms with E-state index in [0.29, 0.717) is 11.3 Å². The van der Waals surface area contributed by atoms with Gasteiger partial charge in [-0.25, -0.2) is 9.78 Å². The van der Waals surface area contributed by atoms with Crippen molar-refractivity contribution in [2.75, 3.05) is 23.9 Å². The third-order valence-electron chi connectivity index (χ3n) is 3.24. The fourth-order valence-electron chi connectivity index (χ4n) is 1.93. The second-order valence-electron chi connectivity index (χ2n) is 5.11. The molecule has 0 spiro atoms. The molecule has 0 aliphatic heterocycles. The molecular weight excluding hydrogens is 421 g/mol. The number of amides is 1. The second-order valence-corrected chi connectivity index (χ2v) is 6.22. The zero-order valence-corrected chi connectivity index (χ0v) is 15.3. The molecule has 2 aromatic rings. The van der Waals surface area contributed by atoms with Crippen LogP contribution in [0.5, 0.6) is 0 Å². The summed E-state index contributed by atoms with van der Waals surface area (Å²) in [5.41, 5.74) is 1.81. The molecule has 0 aliphatic rings. The van der Waals surface area contributed by atoms with Crippen LogP contribution in [0.25, 0.3) is 0 Å². The largest absolute Gasteiger partial charge is 0.464 e. The van der Waals surface area contributed by atoms with Gasteiger partial charge in [0, 0.05) is 43.8 Å². The summed E-state index contributed by atoms with van der Waals surface area (Å²) in [6.45, 7) is 0. The molecule has 1 N–H and O–H groups in total. The Kier molecular flexibility index (Phi) is 5.91. The Morgan fingerprint density at radius 1 is 1.08 bits per heavy atom. The van der Waals surface area contributed by atoms with Gasteiger partial charge in [-0.15, -0.1) is 0 Å². The van der Waals surface area contributed by atoms with Crippen LogP contribution in [0.3, 0.4) is 0 Å². The van der Waals surface area contributed by atoms with Crippen LogP contribution in [-0.4, -0.2) is 36.1 Å². The van der Waals surface area contributed by atoms with Crippen LogP contribution in [0, 0.1) is 3.70 Å². The van der Waals surface area contributed by atoms with E-state index in [9.17, 15) is 14.7 Å². The number of nitrogens with zero attached hydrogens (tertiary/aromatic N) is 3. The highest BCUT2D eigenvalue weighted by molar-refractivity contribution is 14.1. The first-order valence-electron chi connectivity index (χ1n) is 7.02. The van der Waals surface area contributed by atoms with Crippen molar-refractivity contribution in [3.05, 3.63) is 64.1 Å². The lowest BCUT2D eigenvalue weighted by molar-refractivity contribution is 0.104. The van der Waals surface area contributed by atoms with E-state index in [0.717, 1.165) is 14.3 Å². The summed E-state index contributed by atoms with van der Waals surface area (Å²) in [6, 6.07) is 10.4. The first kappa shape index (κ1) is 17.9. The minimum Gasteiger partial charge on any atom is -0.464 e. The molecule has 124 valence electrons. The lowest BCUT2D eigenvalue weighted by Crippen LogP contribution is -2.23. The molecule has 1 amide bonds. The maximum atomic E-state index is 12.1. The van der Waals surface area contributed by atoms with Crippen molar-refractivity contribution in [2.45, 2.75) is 0 Å². The zero-order chi connectivity index (χ0) is 17.7. The fourth-order valence-corrected chi connectivity index (χ4v) is 2.25. The van der Waals surface area contributed by atoms with Gasteiger partial charge in [0.15, 0.2) is 5.78 Å².